The minimum absolute atomic E-state index is 0.403. The summed E-state index contributed by atoms with van der Waals surface area (Å²) in [4.78, 5) is 6.72. The third-order valence-corrected chi connectivity index (χ3v) is 3.38. The molecule has 0 amide bonds. The van der Waals surface area contributed by atoms with Gasteiger partial charge in [-0.1, -0.05) is 20.8 Å². The van der Waals surface area contributed by atoms with Crippen LogP contribution in [-0.4, -0.2) is 29.5 Å². The molecule has 0 saturated carbocycles. The van der Waals surface area contributed by atoms with E-state index in [-0.39, 0.29) is 0 Å². The standard InChI is InChI=1S/C15H24N2/c1-15(2,3)12-17-10-4-5-14(11-17)13-6-8-16-9-7-13/h6-9,14H,4-5,10-12H2,1-3H3. The van der Waals surface area contributed by atoms with Crippen LogP contribution in [0.2, 0.25) is 0 Å². The van der Waals surface area contributed by atoms with Gasteiger partial charge in [0.05, 0.1) is 0 Å². The largest absolute Gasteiger partial charge is 0.302 e. The molecule has 1 unspecified atom stereocenters. The first-order valence-corrected chi connectivity index (χ1v) is 6.67. The second-order valence-electron chi connectivity index (χ2n) is 6.42. The molecular weight excluding hydrogens is 208 g/mol. The van der Waals surface area contributed by atoms with E-state index in [1.165, 1.54) is 38.0 Å². The molecule has 94 valence electrons. The zero-order valence-corrected chi connectivity index (χ0v) is 11.3. The highest BCUT2D eigenvalue weighted by molar-refractivity contribution is 5.16. The van der Waals surface area contributed by atoms with Crippen LogP contribution in [0.3, 0.4) is 0 Å². The maximum atomic E-state index is 4.11. The first-order chi connectivity index (χ1) is 8.04. The van der Waals surface area contributed by atoms with Crippen LogP contribution >= 0.6 is 0 Å². The first kappa shape index (κ1) is 12.6. The zero-order chi connectivity index (χ0) is 12.3. The molecule has 0 bridgehead atoms. The summed E-state index contributed by atoms with van der Waals surface area (Å²) in [6, 6.07) is 4.34. The van der Waals surface area contributed by atoms with Crippen LogP contribution in [0.1, 0.15) is 45.1 Å². The van der Waals surface area contributed by atoms with Gasteiger partial charge in [-0.2, -0.15) is 0 Å². The molecule has 1 aromatic heterocycles. The zero-order valence-electron chi connectivity index (χ0n) is 11.3. The molecule has 2 rings (SSSR count). The topological polar surface area (TPSA) is 16.1 Å². The van der Waals surface area contributed by atoms with E-state index in [1.807, 2.05) is 12.4 Å². The average Bonchev–Trinajstić information content (AvgIpc) is 2.28. The molecule has 0 radical (unpaired) electrons. The van der Waals surface area contributed by atoms with Crippen molar-refractivity contribution in [2.24, 2.45) is 5.41 Å². The van der Waals surface area contributed by atoms with E-state index in [2.05, 4.69) is 42.8 Å². The van der Waals surface area contributed by atoms with Crippen molar-refractivity contribution in [1.82, 2.24) is 9.88 Å². The molecule has 0 N–H and O–H groups in total. The van der Waals surface area contributed by atoms with Crippen molar-refractivity contribution in [2.75, 3.05) is 19.6 Å². The van der Waals surface area contributed by atoms with Gasteiger partial charge in [0.25, 0.3) is 0 Å². The number of aromatic nitrogens is 1. The molecule has 1 saturated heterocycles. The summed E-state index contributed by atoms with van der Waals surface area (Å²) in [5, 5.41) is 0. The molecule has 0 aliphatic carbocycles. The second-order valence-corrected chi connectivity index (χ2v) is 6.42. The number of rotatable bonds is 2. The fourth-order valence-corrected chi connectivity index (χ4v) is 2.78. The Morgan fingerprint density at radius 1 is 1.29 bits per heavy atom. The average molecular weight is 232 g/mol. The van der Waals surface area contributed by atoms with E-state index in [4.69, 9.17) is 0 Å². The molecule has 2 heterocycles. The Hall–Kier alpha value is -0.890. The van der Waals surface area contributed by atoms with Gasteiger partial charge in [-0.05, 0) is 48.4 Å². The molecule has 1 aliphatic rings. The van der Waals surface area contributed by atoms with E-state index < -0.39 is 0 Å². The lowest BCUT2D eigenvalue weighted by Crippen LogP contribution is -2.39. The molecule has 1 aliphatic heterocycles. The number of piperidine rings is 1. The van der Waals surface area contributed by atoms with Crippen LogP contribution in [0.5, 0.6) is 0 Å². The van der Waals surface area contributed by atoms with Gasteiger partial charge in [-0.3, -0.25) is 4.98 Å². The van der Waals surface area contributed by atoms with Gasteiger partial charge in [-0.15, -0.1) is 0 Å². The maximum absolute atomic E-state index is 4.11. The van der Waals surface area contributed by atoms with E-state index in [0.717, 1.165) is 0 Å². The smallest absolute Gasteiger partial charge is 0.0270 e. The summed E-state index contributed by atoms with van der Waals surface area (Å²) in [7, 11) is 0. The molecule has 2 nitrogen and oxygen atoms in total. The minimum Gasteiger partial charge on any atom is -0.302 e. The number of hydrogen-bond acceptors (Lipinski definition) is 2. The highest BCUT2D eigenvalue weighted by Gasteiger charge is 2.24. The van der Waals surface area contributed by atoms with Crippen molar-refractivity contribution < 1.29 is 0 Å². The normalized spacial score (nSPS) is 22.6. The lowest BCUT2D eigenvalue weighted by atomic mass is 9.89. The van der Waals surface area contributed by atoms with Crippen LogP contribution in [0, 0.1) is 5.41 Å². The summed E-state index contributed by atoms with van der Waals surface area (Å²) >= 11 is 0. The van der Waals surface area contributed by atoms with Crippen LogP contribution in [0.4, 0.5) is 0 Å². The van der Waals surface area contributed by atoms with E-state index in [1.54, 1.807) is 0 Å². The molecule has 0 spiro atoms. The Balaban J connectivity index is 1.98. The van der Waals surface area contributed by atoms with Crippen LogP contribution in [0.25, 0.3) is 0 Å². The van der Waals surface area contributed by atoms with Gasteiger partial charge < -0.3 is 4.90 Å². The van der Waals surface area contributed by atoms with Crippen molar-refractivity contribution >= 4 is 0 Å². The number of nitrogens with zero attached hydrogens (tertiary/aromatic N) is 2. The summed E-state index contributed by atoms with van der Waals surface area (Å²) in [6.07, 6.45) is 6.48. The SMILES string of the molecule is CC(C)(C)CN1CCCC(c2ccncc2)C1. The predicted octanol–water partition coefficient (Wildman–Crippen LogP) is 3.31. The van der Waals surface area contributed by atoms with Crippen LogP contribution < -0.4 is 0 Å². The summed E-state index contributed by atoms with van der Waals surface area (Å²) in [5.74, 6) is 0.703. The Bertz CT molecular complexity index is 340. The first-order valence-electron chi connectivity index (χ1n) is 6.67. The quantitative estimate of drug-likeness (QED) is 0.777. The van der Waals surface area contributed by atoms with Crippen LogP contribution in [-0.2, 0) is 0 Å². The lowest BCUT2D eigenvalue weighted by molar-refractivity contribution is 0.151. The molecule has 0 aromatic carbocycles. The van der Waals surface area contributed by atoms with Crippen molar-refractivity contribution in [3.05, 3.63) is 30.1 Å². The molecule has 2 heteroatoms. The minimum atomic E-state index is 0.403. The maximum Gasteiger partial charge on any atom is 0.0270 e. The van der Waals surface area contributed by atoms with Gasteiger partial charge in [0.2, 0.25) is 0 Å². The fourth-order valence-electron chi connectivity index (χ4n) is 2.78. The van der Waals surface area contributed by atoms with E-state index in [9.17, 15) is 0 Å². The Kier molecular flexibility index (Phi) is 3.82. The predicted molar refractivity (Wildman–Crippen MR) is 72.1 cm³/mol. The second kappa shape index (κ2) is 5.18. The van der Waals surface area contributed by atoms with Crippen LogP contribution in [0.15, 0.2) is 24.5 Å². The third kappa shape index (κ3) is 3.81. The Labute approximate surface area is 105 Å². The monoisotopic (exact) mass is 232 g/mol. The molecule has 1 fully saturated rings. The van der Waals surface area contributed by atoms with Crippen molar-refractivity contribution in [3.8, 4) is 0 Å². The third-order valence-electron chi connectivity index (χ3n) is 3.38. The molecule has 1 atom stereocenters. The van der Waals surface area contributed by atoms with E-state index in [0.29, 0.717) is 11.3 Å². The van der Waals surface area contributed by atoms with Crippen molar-refractivity contribution in [1.29, 1.82) is 0 Å². The molecular formula is C15H24N2. The van der Waals surface area contributed by atoms with Crippen molar-refractivity contribution in [3.63, 3.8) is 0 Å². The van der Waals surface area contributed by atoms with E-state index >= 15 is 0 Å². The Morgan fingerprint density at radius 3 is 2.65 bits per heavy atom. The molecule has 17 heavy (non-hydrogen) atoms. The molecule has 1 aromatic rings. The number of likely N-dealkylation sites (tertiary alicyclic amines) is 1. The summed E-state index contributed by atoms with van der Waals surface area (Å²) < 4.78 is 0. The van der Waals surface area contributed by atoms with Gasteiger partial charge in [-0.25, -0.2) is 0 Å². The van der Waals surface area contributed by atoms with Gasteiger partial charge in [0, 0.05) is 25.5 Å². The number of hydrogen-bond donors (Lipinski definition) is 0. The highest BCUT2D eigenvalue weighted by atomic mass is 15.1. The Morgan fingerprint density at radius 2 is 2.00 bits per heavy atom. The number of pyridine rings is 1. The summed E-state index contributed by atoms with van der Waals surface area (Å²) in [6.45, 7) is 10.6. The van der Waals surface area contributed by atoms with Gasteiger partial charge >= 0.3 is 0 Å². The highest BCUT2D eigenvalue weighted by Crippen LogP contribution is 2.28. The summed E-state index contributed by atoms with van der Waals surface area (Å²) in [5.41, 5.74) is 1.86. The van der Waals surface area contributed by atoms with Gasteiger partial charge in [0.15, 0.2) is 0 Å². The lowest BCUT2D eigenvalue weighted by Gasteiger charge is -2.36. The fraction of sp³-hybridized carbons (Fsp3) is 0.667. The van der Waals surface area contributed by atoms with Gasteiger partial charge in [0.1, 0.15) is 0 Å². The van der Waals surface area contributed by atoms with Crippen molar-refractivity contribution in [2.45, 2.75) is 39.5 Å².